The molecule has 0 aliphatic rings. The first kappa shape index (κ1) is 10.8. The molecular formula is C12H11NO2S. The first-order valence-electron chi connectivity index (χ1n) is 4.80. The Kier molecular flexibility index (Phi) is 3.01. The summed E-state index contributed by atoms with van der Waals surface area (Å²) in [5.41, 5.74) is 2.52. The Hall–Kier alpha value is -1.68. The number of aryl methyl sites for hydroxylation is 1. The van der Waals surface area contributed by atoms with Crippen molar-refractivity contribution in [2.24, 2.45) is 0 Å². The fourth-order valence-electron chi connectivity index (χ4n) is 1.44. The Morgan fingerprint density at radius 1 is 1.44 bits per heavy atom. The second-order valence-electron chi connectivity index (χ2n) is 3.40. The van der Waals surface area contributed by atoms with Crippen LogP contribution in [-0.2, 0) is 0 Å². The van der Waals surface area contributed by atoms with Gasteiger partial charge >= 0.3 is 0 Å². The molecule has 0 saturated heterocycles. The van der Waals surface area contributed by atoms with Crippen LogP contribution in [0.2, 0.25) is 0 Å². The van der Waals surface area contributed by atoms with Gasteiger partial charge in [0.2, 0.25) is 0 Å². The fraction of sp³-hybridized carbons (Fsp3) is 0.167. The number of nitrogens with zero attached hydrogens (tertiary/aromatic N) is 1. The van der Waals surface area contributed by atoms with Gasteiger partial charge in [0.15, 0.2) is 6.29 Å². The lowest BCUT2D eigenvalue weighted by Gasteiger charge is -2.06. The Morgan fingerprint density at radius 2 is 2.25 bits per heavy atom. The summed E-state index contributed by atoms with van der Waals surface area (Å²) in [6, 6.07) is 5.92. The number of aromatic nitrogens is 1. The molecule has 0 amide bonds. The van der Waals surface area contributed by atoms with E-state index in [1.807, 2.05) is 25.1 Å². The van der Waals surface area contributed by atoms with Gasteiger partial charge in [0.05, 0.1) is 12.7 Å². The largest absolute Gasteiger partial charge is 0.496 e. The highest BCUT2D eigenvalue weighted by Crippen LogP contribution is 2.32. The van der Waals surface area contributed by atoms with Crippen LogP contribution in [0, 0.1) is 6.92 Å². The Morgan fingerprint density at radius 3 is 2.88 bits per heavy atom. The number of benzene rings is 1. The Balaban J connectivity index is 2.50. The van der Waals surface area contributed by atoms with Crippen molar-refractivity contribution >= 4 is 17.6 Å². The molecule has 0 fully saturated rings. The zero-order chi connectivity index (χ0) is 11.5. The summed E-state index contributed by atoms with van der Waals surface area (Å²) in [6.45, 7) is 2.00. The summed E-state index contributed by atoms with van der Waals surface area (Å²) in [5.74, 6) is 0.784. The van der Waals surface area contributed by atoms with Gasteiger partial charge in [0.1, 0.15) is 16.5 Å². The molecule has 0 aliphatic heterocycles. The van der Waals surface area contributed by atoms with E-state index in [0.717, 1.165) is 28.2 Å². The van der Waals surface area contributed by atoms with Crippen LogP contribution in [0.5, 0.6) is 5.75 Å². The summed E-state index contributed by atoms with van der Waals surface area (Å²) in [6.07, 6.45) is 0.751. The third-order valence-corrected chi connectivity index (χ3v) is 3.12. The lowest BCUT2D eigenvalue weighted by atomic mass is 10.1. The summed E-state index contributed by atoms with van der Waals surface area (Å²) >= 11 is 1.44. The van der Waals surface area contributed by atoms with E-state index in [2.05, 4.69) is 4.98 Å². The van der Waals surface area contributed by atoms with Crippen molar-refractivity contribution in [1.29, 1.82) is 0 Å². The van der Waals surface area contributed by atoms with Crippen molar-refractivity contribution in [3.05, 3.63) is 34.8 Å². The minimum Gasteiger partial charge on any atom is -0.496 e. The molecule has 0 aliphatic carbocycles. The van der Waals surface area contributed by atoms with Crippen LogP contribution >= 0.6 is 11.3 Å². The molecule has 16 heavy (non-hydrogen) atoms. The highest BCUT2D eigenvalue weighted by atomic mass is 32.1. The molecule has 82 valence electrons. The SMILES string of the molecule is COc1cc(C)ccc1-c1nc(C=O)cs1. The van der Waals surface area contributed by atoms with Crippen molar-refractivity contribution in [2.75, 3.05) is 7.11 Å². The van der Waals surface area contributed by atoms with E-state index >= 15 is 0 Å². The number of methoxy groups -OCH3 is 1. The van der Waals surface area contributed by atoms with Gasteiger partial charge in [-0.05, 0) is 24.6 Å². The molecule has 3 nitrogen and oxygen atoms in total. The standard InChI is InChI=1S/C12H11NO2S/c1-8-3-4-10(11(5-8)15-2)12-13-9(6-14)7-16-12/h3-7H,1-2H3. The zero-order valence-corrected chi connectivity index (χ0v) is 9.88. The molecule has 1 aromatic carbocycles. The van der Waals surface area contributed by atoms with Gasteiger partial charge < -0.3 is 4.74 Å². The maximum atomic E-state index is 10.6. The van der Waals surface area contributed by atoms with Gasteiger partial charge in [0, 0.05) is 5.38 Å². The zero-order valence-electron chi connectivity index (χ0n) is 9.06. The lowest BCUT2D eigenvalue weighted by molar-refractivity contribution is 0.111. The summed E-state index contributed by atoms with van der Waals surface area (Å²) in [4.78, 5) is 14.8. The number of carbonyl (C=O) groups excluding carboxylic acids is 1. The normalized spacial score (nSPS) is 10.1. The van der Waals surface area contributed by atoms with Crippen LogP contribution in [0.1, 0.15) is 16.1 Å². The molecule has 2 rings (SSSR count). The first-order chi connectivity index (χ1) is 7.74. The monoisotopic (exact) mass is 233 g/mol. The summed E-state index contributed by atoms with van der Waals surface area (Å²) in [7, 11) is 1.63. The molecule has 0 N–H and O–H groups in total. The van der Waals surface area contributed by atoms with E-state index in [9.17, 15) is 4.79 Å². The number of hydrogen-bond donors (Lipinski definition) is 0. The number of thiazole rings is 1. The molecule has 2 aromatic rings. The number of ether oxygens (including phenoxy) is 1. The molecule has 0 saturated carbocycles. The van der Waals surface area contributed by atoms with Gasteiger partial charge in [-0.1, -0.05) is 6.07 Å². The molecule has 0 radical (unpaired) electrons. The van der Waals surface area contributed by atoms with Gasteiger partial charge in [-0.25, -0.2) is 4.98 Å². The quantitative estimate of drug-likeness (QED) is 0.765. The minimum absolute atomic E-state index is 0.461. The molecule has 0 spiro atoms. The minimum atomic E-state index is 0.461. The molecule has 0 bridgehead atoms. The average Bonchev–Trinajstić information content (AvgIpc) is 2.77. The second kappa shape index (κ2) is 4.45. The van der Waals surface area contributed by atoms with Crippen LogP contribution in [0.15, 0.2) is 23.6 Å². The maximum Gasteiger partial charge on any atom is 0.169 e. The molecule has 4 heteroatoms. The predicted molar refractivity (Wildman–Crippen MR) is 64.2 cm³/mol. The van der Waals surface area contributed by atoms with E-state index in [1.54, 1.807) is 12.5 Å². The van der Waals surface area contributed by atoms with Crippen molar-refractivity contribution in [1.82, 2.24) is 4.98 Å². The van der Waals surface area contributed by atoms with Crippen LogP contribution in [0.3, 0.4) is 0 Å². The van der Waals surface area contributed by atoms with Crippen LogP contribution < -0.4 is 4.74 Å². The molecule has 1 heterocycles. The first-order valence-corrected chi connectivity index (χ1v) is 5.68. The topological polar surface area (TPSA) is 39.2 Å². The van der Waals surface area contributed by atoms with Crippen LogP contribution in [-0.4, -0.2) is 18.4 Å². The summed E-state index contributed by atoms with van der Waals surface area (Å²) < 4.78 is 5.30. The van der Waals surface area contributed by atoms with Crippen molar-refractivity contribution in [2.45, 2.75) is 6.92 Å². The van der Waals surface area contributed by atoms with Crippen molar-refractivity contribution in [3.8, 4) is 16.3 Å². The third kappa shape index (κ3) is 1.97. The van der Waals surface area contributed by atoms with E-state index < -0.39 is 0 Å². The molecule has 1 aromatic heterocycles. The smallest absolute Gasteiger partial charge is 0.169 e. The van der Waals surface area contributed by atoms with Gasteiger partial charge in [-0.15, -0.1) is 11.3 Å². The number of carbonyl (C=O) groups is 1. The van der Waals surface area contributed by atoms with Gasteiger partial charge in [0.25, 0.3) is 0 Å². The number of hydrogen-bond acceptors (Lipinski definition) is 4. The van der Waals surface area contributed by atoms with E-state index in [0.29, 0.717) is 5.69 Å². The lowest BCUT2D eigenvalue weighted by Crippen LogP contribution is -1.89. The van der Waals surface area contributed by atoms with Crippen LogP contribution in [0.25, 0.3) is 10.6 Å². The molecule has 0 atom stereocenters. The highest BCUT2D eigenvalue weighted by molar-refractivity contribution is 7.13. The maximum absolute atomic E-state index is 10.6. The highest BCUT2D eigenvalue weighted by Gasteiger charge is 2.09. The Bertz CT molecular complexity index is 519. The van der Waals surface area contributed by atoms with E-state index in [1.165, 1.54) is 11.3 Å². The van der Waals surface area contributed by atoms with E-state index in [4.69, 9.17) is 4.74 Å². The van der Waals surface area contributed by atoms with Crippen molar-refractivity contribution in [3.63, 3.8) is 0 Å². The average molecular weight is 233 g/mol. The summed E-state index contributed by atoms with van der Waals surface area (Å²) in [5, 5.41) is 2.54. The Labute approximate surface area is 97.7 Å². The van der Waals surface area contributed by atoms with Gasteiger partial charge in [-0.3, -0.25) is 4.79 Å². The third-order valence-electron chi connectivity index (χ3n) is 2.23. The van der Waals surface area contributed by atoms with Gasteiger partial charge in [-0.2, -0.15) is 0 Å². The number of rotatable bonds is 3. The van der Waals surface area contributed by atoms with Crippen LogP contribution in [0.4, 0.5) is 0 Å². The molecule has 0 unspecified atom stereocenters. The van der Waals surface area contributed by atoms with E-state index in [-0.39, 0.29) is 0 Å². The predicted octanol–water partition coefficient (Wildman–Crippen LogP) is 2.94. The van der Waals surface area contributed by atoms with Crippen molar-refractivity contribution < 1.29 is 9.53 Å². The second-order valence-corrected chi connectivity index (χ2v) is 4.26. The molecular weight excluding hydrogens is 222 g/mol. The fourth-order valence-corrected chi connectivity index (χ4v) is 2.23. The number of aldehydes is 1.